The predicted octanol–water partition coefficient (Wildman–Crippen LogP) is 2.43. The van der Waals surface area contributed by atoms with E-state index in [0.717, 1.165) is 43.6 Å². The average molecular weight is 263 g/mol. The van der Waals surface area contributed by atoms with Gasteiger partial charge in [-0.05, 0) is 56.9 Å². The summed E-state index contributed by atoms with van der Waals surface area (Å²) < 4.78 is 0. The normalized spacial score (nSPS) is 24.1. The zero-order valence-corrected chi connectivity index (χ0v) is 11.5. The Morgan fingerprint density at radius 3 is 2.68 bits per heavy atom. The monoisotopic (exact) mass is 263 g/mol. The van der Waals surface area contributed by atoms with Gasteiger partial charge in [-0.15, -0.1) is 0 Å². The third-order valence-corrected chi connectivity index (χ3v) is 3.87. The summed E-state index contributed by atoms with van der Waals surface area (Å²) in [4.78, 5) is 13.2. The molecule has 19 heavy (non-hydrogen) atoms. The van der Waals surface area contributed by atoms with Crippen LogP contribution in [0.2, 0.25) is 0 Å². The molecule has 0 amide bonds. The molecular weight excluding hydrogens is 242 g/mol. The molecule has 1 aromatic carbocycles. The predicted molar refractivity (Wildman–Crippen MR) is 74.8 cm³/mol. The van der Waals surface area contributed by atoms with Gasteiger partial charge in [0.15, 0.2) is 0 Å². The van der Waals surface area contributed by atoms with Crippen molar-refractivity contribution in [2.45, 2.75) is 38.7 Å². The fourth-order valence-electron chi connectivity index (χ4n) is 2.61. The number of carboxylic acid groups (broad SMARTS) is 1. The summed E-state index contributed by atoms with van der Waals surface area (Å²) in [7, 11) is 0. The standard InChI is InChI=1S/C15H21NO3/c1-11-10-12(4-5-13(11)14(17)18)16-8-3-6-15(2,19)7-9-16/h4-5,10,19H,3,6-9H2,1-2H3,(H,17,18). The molecule has 0 aliphatic carbocycles. The van der Waals surface area contributed by atoms with Crippen LogP contribution in [0.25, 0.3) is 0 Å². The summed E-state index contributed by atoms with van der Waals surface area (Å²) in [5, 5.41) is 19.1. The van der Waals surface area contributed by atoms with E-state index in [0.29, 0.717) is 5.56 Å². The van der Waals surface area contributed by atoms with Gasteiger partial charge in [0, 0.05) is 18.8 Å². The number of anilines is 1. The van der Waals surface area contributed by atoms with E-state index in [1.165, 1.54) is 0 Å². The second kappa shape index (κ2) is 5.21. The highest BCUT2D eigenvalue weighted by molar-refractivity contribution is 5.89. The molecule has 4 heteroatoms. The van der Waals surface area contributed by atoms with E-state index in [1.54, 1.807) is 6.07 Å². The Kier molecular flexibility index (Phi) is 3.80. The summed E-state index contributed by atoms with van der Waals surface area (Å²) >= 11 is 0. The first-order valence-corrected chi connectivity index (χ1v) is 6.70. The zero-order valence-electron chi connectivity index (χ0n) is 11.5. The highest BCUT2D eigenvalue weighted by Crippen LogP contribution is 2.26. The van der Waals surface area contributed by atoms with Crippen molar-refractivity contribution >= 4 is 11.7 Å². The van der Waals surface area contributed by atoms with Gasteiger partial charge >= 0.3 is 5.97 Å². The molecule has 104 valence electrons. The van der Waals surface area contributed by atoms with Crippen LogP contribution in [0.4, 0.5) is 5.69 Å². The Hall–Kier alpha value is -1.55. The second-order valence-electron chi connectivity index (χ2n) is 5.64. The van der Waals surface area contributed by atoms with E-state index in [-0.39, 0.29) is 0 Å². The Bertz CT molecular complexity index is 482. The number of hydrogen-bond acceptors (Lipinski definition) is 3. The maximum Gasteiger partial charge on any atom is 0.335 e. The smallest absolute Gasteiger partial charge is 0.335 e. The van der Waals surface area contributed by atoms with Gasteiger partial charge in [-0.2, -0.15) is 0 Å². The second-order valence-corrected chi connectivity index (χ2v) is 5.64. The lowest BCUT2D eigenvalue weighted by Crippen LogP contribution is -2.28. The van der Waals surface area contributed by atoms with Crippen LogP contribution < -0.4 is 4.90 Å². The molecular formula is C15H21NO3. The van der Waals surface area contributed by atoms with Gasteiger partial charge in [0.05, 0.1) is 11.2 Å². The summed E-state index contributed by atoms with van der Waals surface area (Å²) in [5.41, 5.74) is 1.59. The highest BCUT2D eigenvalue weighted by Gasteiger charge is 2.25. The van der Waals surface area contributed by atoms with E-state index >= 15 is 0 Å². The van der Waals surface area contributed by atoms with Gasteiger partial charge in [0.25, 0.3) is 0 Å². The van der Waals surface area contributed by atoms with Crippen molar-refractivity contribution in [2.75, 3.05) is 18.0 Å². The van der Waals surface area contributed by atoms with Crippen LogP contribution in [0.15, 0.2) is 18.2 Å². The molecule has 2 rings (SSSR count). The topological polar surface area (TPSA) is 60.8 Å². The Morgan fingerprint density at radius 2 is 2.05 bits per heavy atom. The third-order valence-electron chi connectivity index (χ3n) is 3.87. The molecule has 2 N–H and O–H groups in total. The molecule has 1 atom stereocenters. The van der Waals surface area contributed by atoms with Crippen molar-refractivity contribution in [1.29, 1.82) is 0 Å². The minimum absolute atomic E-state index is 0.352. The van der Waals surface area contributed by atoms with E-state index in [9.17, 15) is 9.90 Å². The molecule has 0 saturated carbocycles. The fraction of sp³-hybridized carbons (Fsp3) is 0.533. The lowest BCUT2D eigenvalue weighted by atomic mass is 9.98. The molecule has 4 nitrogen and oxygen atoms in total. The van der Waals surface area contributed by atoms with E-state index < -0.39 is 11.6 Å². The van der Waals surface area contributed by atoms with Crippen LogP contribution in [0.5, 0.6) is 0 Å². The Morgan fingerprint density at radius 1 is 1.32 bits per heavy atom. The van der Waals surface area contributed by atoms with E-state index in [4.69, 9.17) is 5.11 Å². The molecule has 1 fully saturated rings. The fourth-order valence-corrected chi connectivity index (χ4v) is 2.61. The van der Waals surface area contributed by atoms with Crippen LogP contribution in [0.3, 0.4) is 0 Å². The number of rotatable bonds is 2. The molecule has 1 saturated heterocycles. The summed E-state index contributed by atoms with van der Waals surface area (Å²) in [6.07, 6.45) is 2.51. The summed E-state index contributed by atoms with van der Waals surface area (Å²) in [6, 6.07) is 5.44. The first-order chi connectivity index (χ1) is 8.89. The van der Waals surface area contributed by atoms with Crippen LogP contribution in [0.1, 0.15) is 42.1 Å². The SMILES string of the molecule is Cc1cc(N2CCCC(C)(O)CC2)ccc1C(=O)O. The number of benzene rings is 1. The molecule has 1 unspecified atom stereocenters. The molecule has 0 radical (unpaired) electrons. The number of aryl methyl sites for hydroxylation is 1. The zero-order chi connectivity index (χ0) is 14.0. The van der Waals surface area contributed by atoms with Gasteiger partial charge in [0.2, 0.25) is 0 Å². The minimum atomic E-state index is -0.886. The molecule has 1 heterocycles. The van der Waals surface area contributed by atoms with Gasteiger partial charge in [-0.1, -0.05) is 0 Å². The molecule has 1 aliphatic heterocycles. The van der Waals surface area contributed by atoms with Crippen LogP contribution in [0, 0.1) is 6.92 Å². The molecule has 1 aliphatic rings. The van der Waals surface area contributed by atoms with Crippen LogP contribution in [-0.2, 0) is 0 Å². The average Bonchev–Trinajstić information content (AvgIpc) is 2.49. The maximum atomic E-state index is 11.0. The summed E-state index contributed by atoms with van der Waals surface area (Å²) in [5.74, 6) is -0.886. The molecule has 0 spiro atoms. The molecule has 0 aromatic heterocycles. The van der Waals surface area contributed by atoms with Gasteiger partial charge in [-0.25, -0.2) is 4.79 Å². The number of aromatic carboxylic acids is 1. The maximum absolute atomic E-state index is 11.0. The quantitative estimate of drug-likeness (QED) is 0.860. The van der Waals surface area contributed by atoms with Crippen molar-refractivity contribution in [3.8, 4) is 0 Å². The highest BCUT2D eigenvalue weighted by atomic mass is 16.4. The lowest BCUT2D eigenvalue weighted by Gasteiger charge is -2.24. The first-order valence-electron chi connectivity index (χ1n) is 6.70. The summed E-state index contributed by atoms with van der Waals surface area (Å²) in [6.45, 7) is 5.41. The van der Waals surface area contributed by atoms with Crippen molar-refractivity contribution in [2.24, 2.45) is 0 Å². The molecule has 1 aromatic rings. The number of hydrogen-bond donors (Lipinski definition) is 2. The minimum Gasteiger partial charge on any atom is -0.478 e. The Labute approximate surface area is 113 Å². The number of carboxylic acids is 1. The third kappa shape index (κ3) is 3.26. The van der Waals surface area contributed by atoms with Crippen molar-refractivity contribution in [1.82, 2.24) is 0 Å². The van der Waals surface area contributed by atoms with Gasteiger partial charge < -0.3 is 15.1 Å². The van der Waals surface area contributed by atoms with Crippen molar-refractivity contribution in [3.63, 3.8) is 0 Å². The number of aliphatic hydroxyl groups is 1. The first kappa shape index (κ1) is 13.9. The lowest BCUT2D eigenvalue weighted by molar-refractivity contribution is 0.0481. The van der Waals surface area contributed by atoms with Crippen molar-refractivity contribution in [3.05, 3.63) is 29.3 Å². The van der Waals surface area contributed by atoms with Gasteiger partial charge in [0.1, 0.15) is 0 Å². The molecule has 0 bridgehead atoms. The van der Waals surface area contributed by atoms with Crippen molar-refractivity contribution < 1.29 is 15.0 Å². The van der Waals surface area contributed by atoms with E-state index in [1.807, 2.05) is 26.0 Å². The number of carbonyl (C=O) groups is 1. The Balaban J connectivity index is 2.18. The van der Waals surface area contributed by atoms with Crippen LogP contribution >= 0.6 is 0 Å². The van der Waals surface area contributed by atoms with E-state index in [2.05, 4.69) is 4.90 Å². The number of nitrogens with zero attached hydrogens (tertiary/aromatic N) is 1. The van der Waals surface area contributed by atoms with Gasteiger partial charge in [-0.3, -0.25) is 0 Å². The largest absolute Gasteiger partial charge is 0.478 e. The van der Waals surface area contributed by atoms with Crippen LogP contribution in [-0.4, -0.2) is 34.9 Å².